The van der Waals surface area contributed by atoms with Gasteiger partial charge >= 0.3 is 0 Å². The van der Waals surface area contributed by atoms with Crippen LogP contribution < -0.4 is 11.1 Å². The Labute approximate surface area is 120 Å². The Balaban J connectivity index is 2.15. The van der Waals surface area contributed by atoms with Crippen molar-refractivity contribution in [1.82, 2.24) is 9.97 Å². The molecule has 2 rings (SSSR count). The third-order valence-electron chi connectivity index (χ3n) is 3.81. The second-order valence-corrected chi connectivity index (χ2v) is 6.22. The smallest absolute Gasteiger partial charge is 0.134 e. The summed E-state index contributed by atoms with van der Waals surface area (Å²) in [6.45, 7) is 2.15. The predicted molar refractivity (Wildman–Crippen MR) is 83.6 cm³/mol. The number of nitrogens with zero attached hydrogens (tertiary/aromatic N) is 2. The minimum atomic E-state index is 0.508. The van der Waals surface area contributed by atoms with Crippen molar-refractivity contribution in [3.05, 3.63) is 11.9 Å². The third-order valence-corrected chi connectivity index (χ3v) is 4.98. The molecule has 1 fully saturated rings. The number of rotatable bonds is 5. The molecule has 106 valence electrons. The Kier molecular flexibility index (Phi) is 5.31. The van der Waals surface area contributed by atoms with Crippen molar-refractivity contribution in [2.45, 2.75) is 56.7 Å². The van der Waals surface area contributed by atoms with Gasteiger partial charge in [0.15, 0.2) is 0 Å². The Morgan fingerprint density at radius 2 is 2.16 bits per heavy atom. The van der Waals surface area contributed by atoms with Gasteiger partial charge in [-0.2, -0.15) is 11.8 Å². The van der Waals surface area contributed by atoms with Gasteiger partial charge in [0.1, 0.15) is 18.0 Å². The largest absolute Gasteiger partial charge is 0.383 e. The van der Waals surface area contributed by atoms with E-state index in [2.05, 4.69) is 28.5 Å². The highest BCUT2D eigenvalue weighted by molar-refractivity contribution is 7.99. The molecule has 4 nitrogen and oxygen atoms in total. The minimum absolute atomic E-state index is 0.508. The summed E-state index contributed by atoms with van der Waals surface area (Å²) in [7, 11) is 0. The van der Waals surface area contributed by atoms with Crippen LogP contribution in [0.4, 0.5) is 11.6 Å². The zero-order valence-corrected chi connectivity index (χ0v) is 12.7. The van der Waals surface area contributed by atoms with Gasteiger partial charge < -0.3 is 11.1 Å². The normalized spacial score (nSPS) is 23.3. The zero-order valence-electron chi connectivity index (χ0n) is 11.9. The fourth-order valence-electron chi connectivity index (χ4n) is 2.77. The molecule has 1 aliphatic carbocycles. The molecule has 19 heavy (non-hydrogen) atoms. The maximum Gasteiger partial charge on any atom is 0.134 e. The molecule has 0 aliphatic heterocycles. The molecule has 3 N–H and O–H groups in total. The molecule has 1 aromatic heterocycles. The summed E-state index contributed by atoms with van der Waals surface area (Å²) < 4.78 is 0. The number of thioether (sulfide) groups is 1. The molecule has 0 radical (unpaired) electrons. The topological polar surface area (TPSA) is 63.8 Å². The van der Waals surface area contributed by atoms with E-state index in [1.54, 1.807) is 6.33 Å². The number of nitrogens with one attached hydrogen (secondary N) is 1. The van der Waals surface area contributed by atoms with Gasteiger partial charge in [-0.15, -0.1) is 0 Å². The van der Waals surface area contributed by atoms with Crippen LogP contribution in [0.5, 0.6) is 0 Å². The lowest BCUT2D eigenvalue weighted by molar-refractivity contribution is 0.474. The maximum atomic E-state index is 5.98. The van der Waals surface area contributed by atoms with E-state index in [1.807, 2.05) is 11.8 Å². The molecule has 1 aromatic rings. The summed E-state index contributed by atoms with van der Waals surface area (Å²) in [5.74, 6) is 1.57. The van der Waals surface area contributed by atoms with Gasteiger partial charge in [0.2, 0.25) is 0 Å². The zero-order chi connectivity index (χ0) is 13.7. The van der Waals surface area contributed by atoms with Crippen LogP contribution in [0.3, 0.4) is 0 Å². The fourth-order valence-corrected chi connectivity index (χ4v) is 3.70. The van der Waals surface area contributed by atoms with Gasteiger partial charge in [0.25, 0.3) is 0 Å². The molecule has 0 amide bonds. The van der Waals surface area contributed by atoms with Gasteiger partial charge in [-0.1, -0.05) is 26.2 Å². The summed E-state index contributed by atoms with van der Waals surface area (Å²) >= 11 is 1.96. The van der Waals surface area contributed by atoms with Gasteiger partial charge in [-0.25, -0.2) is 9.97 Å². The van der Waals surface area contributed by atoms with Crippen molar-refractivity contribution in [2.24, 2.45) is 0 Å². The maximum absolute atomic E-state index is 5.98. The van der Waals surface area contributed by atoms with Gasteiger partial charge in [-0.3, -0.25) is 0 Å². The summed E-state index contributed by atoms with van der Waals surface area (Å²) in [4.78, 5) is 8.52. The Morgan fingerprint density at radius 3 is 2.89 bits per heavy atom. The molecule has 5 heteroatoms. The Hall–Kier alpha value is -0.970. The van der Waals surface area contributed by atoms with Crippen LogP contribution in [0.25, 0.3) is 0 Å². The van der Waals surface area contributed by atoms with Crippen LogP contribution in [0.1, 0.15) is 44.6 Å². The van der Waals surface area contributed by atoms with Crippen molar-refractivity contribution in [2.75, 3.05) is 17.3 Å². The van der Waals surface area contributed by atoms with E-state index in [0.29, 0.717) is 17.1 Å². The van der Waals surface area contributed by atoms with E-state index in [9.17, 15) is 0 Å². The molecule has 0 saturated heterocycles. The quantitative estimate of drug-likeness (QED) is 0.867. The van der Waals surface area contributed by atoms with Crippen molar-refractivity contribution < 1.29 is 0 Å². The van der Waals surface area contributed by atoms with Crippen LogP contribution in [0, 0.1) is 0 Å². The minimum Gasteiger partial charge on any atom is -0.383 e. The van der Waals surface area contributed by atoms with E-state index < -0.39 is 0 Å². The number of hydrogen-bond acceptors (Lipinski definition) is 5. The monoisotopic (exact) mass is 280 g/mol. The molecular formula is C14H24N4S. The average Bonchev–Trinajstić information content (AvgIpc) is 2.43. The molecule has 1 heterocycles. The lowest BCUT2D eigenvalue weighted by atomic mass is 9.94. The molecule has 0 bridgehead atoms. The van der Waals surface area contributed by atoms with Crippen LogP contribution in [0.2, 0.25) is 0 Å². The number of nitrogen functional groups attached to an aromatic ring is 1. The predicted octanol–water partition coefficient (Wildman–Crippen LogP) is 3.10. The second kappa shape index (κ2) is 6.98. The molecule has 2 atom stereocenters. The van der Waals surface area contributed by atoms with Crippen molar-refractivity contribution >= 4 is 23.4 Å². The van der Waals surface area contributed by atoms with Crippen molar-refractivity contribution in [3.63, 3.8) is 0 Å². The van der Waals surface area contributed by atoms with Crippen LogP contribution in [-0.2, 0) is 6.42 Å². The first-order chi connectivity index (χ1) is 9.26. The standard InChI is InChI=1S/C14H24N4S/c1-3-6-10-13(15)16-9-17-14(10)18-11-7-4-5-8-12(11)19-2/h9,11-12H,3-8H2,1-2H3,(H3,15,16,17,18). The van der Waals surface area contributed by atoms with Crippen LogP contribution >= 0.6 is 11.8 Å². The van der Waals surface area contributed by atoms with Crippen LogP contribution in [-0.4, -0.2) is 27.5 Å². The molecule has 2 unspecified atom stereocenters. The lowest BCUT2D eigenvalue weighted by Gasteiger charge is -2.32. The van der Waals surface area contributed by atoms with Gasteiger partial charge in [0.05, 0.1) is 0 Å². The molecular weight excluding hydrogens is 256 g/mol. The fraction of sp³-hybridized carbons (Fsp3) is 0.714. The van der Waals surface area contributed by atoms with Gasteiger partial charge in [-0.05, 0) is 25.5 Å². The van der Waals surface area contributed by atoms with Gasteiger partial charge in [0, 0.05) is 16.9 Å². The van der Waals surface area contributed by atoms with E-state index in [4.69, 9.17) is 5.73 Å². The summed E-state index contributed by atoms with van der Waals surface area (Å²) in [5.41, 5.74) is 7.06. The SMILES string of the molecule is CCCc1c(N)ncnc1NC1CCCCC1SC. The molecule has 1 saturated carbocycles. The number of nitrogens with two attached hydrogens (primary N) is 1. The summed E-state index contributed by atoms with van der Waals surface area (Å²) in [5, 5.41) is 4.30. The second-order valence-electron chi connectivity index (χ2n) is 5.15. The van der Waals surface area contributed by atoms with Crippen LogP contribution in [0.15, 0.2) is 6.33 Å². The first kappa shape index (κ1) is 14.4. The first-order valence-corrected chi connectivity index (χ1v) is 8.43. The third kappa shape index (κ3) is 3.53. The highest BCUT2D eigenvalue weighted by atomic mass is 32.2. The summed E-state index contributed by atoms with van der Waals surface area (Å²) in [6, 6.07) is 0.508. The lowest BCUT2D eigenvalue weighted by Crippen LogP contribution is -2.35. The van der Waals surface area contributed by atoms with E-state index >= 15 is 0 Å². The van der Waals surface area contributed by atoms with E-state index in [-0.39, 0.29) is 0 Å². The summed E-state index contributed by atoms with van der Waals surface area (Å²) in [6.07, 6.45) is 10.9. The highest BCUT2D eigenvalue weighted by Gasteiger charge is 2.25. The number of anilines is 2. The highest BCUT2D eigenvalue weighted by Crippen LogP contribution is 2.30. The molecule has 0 aromatic carbocycles. The van der Waals surface area contributed by atoms with E-state index in [1.165, 1.54) is 25.7 Å². The molecule has 1 aliphatic rings. The first-order valence-electron chi connectivity index (χ1n) is 7.15. The van der Waals surface area contributed by atoms with E-state index in [0.717, 1.165) is 24.2 Å². The number of hydrogen-bond donors (Lipinski definition) is 2. The average molecular weight is 280 g/mol. The van der Waals surface area contributed by atoms with Crippen molar-refractivity contribution in [1.29, 1.82) is 0 Å². The van der Waals surface area contributed by atoms with Crippen molar-refractivity contribution in [3.8, 4) is 0 Å². The Bertz CT molecular complexity index is 410. The number of aromatic nitrogens is 2. The molecule has 0 spiro atoms. The Morgan fingerprint density at radius 1 is 1.37 bits per heavy atom.